The second-order valence-electron chi connectivity index (χ2n) is 20.0. The van der Waals surface area contributed by atoms with Gasteiger partial charge in [0.25, 0.3) is 0 Å². The Morgan fingerprint density at radius 2 is 0.962 bits per heavy atom. The maximum Gasteiger partial charge on any atom is 0.446 e. The highest BCUT2D eigenvalue weighted by Gasteiger charge is 2.29. The van der Waals surface area contributed by atoms with Crippen molar-refractivity contribution >= 4 is 61.0 Å². The van der Waals surface area contributed by atoms with E-state index in [9.17, 15) is 39.6 Å². The first kappa shape index (κ1) is 67.3. The van der Waals surface area contributed by atoms with Crippen LogP contribution >= 0.6 is 0 Å². The molecule has 23 heteroatoms. The topological polar surface area (TPSA) is 193 Å². The number of carbonyl (C=O) groups excluding carboxylic acids is 2. The van der Waals surface area contributed by atoms with E-state index in [1.165, 1.54) is 62.8 Å². The van der Waals surface area contributed by atoms with Crippen molar-refractivity contribution in [2.45, 2.75) is 94.3 Å². The number of amides is 1. The van der Waals surface area contributed by atoms with Crippen LogP contribution in [-0.4, -0.2) is 187 Å². The van der Waals surface area contributed by atoms with Crippen LogP contribution in [0.15, 0.2) is 82.6 Å². The number of aliphatic carboxylic acids is 1. The molecule has 2 heterocycles. The van der Waals surface area contributed by atoms with Crippen molar-refractivity contribution in [3.05, 3.63) is 95.1 Å². The third-order valence-corrected chi connectivity index (χ3v) is 18.3. The van der Waals surface area contributed by atoms with Gasteiger partial charge in [0, 0.05) is 109 Å². The molecule has 2 N–H and O–H groups in total. The van der Waals surface area contributed by atoms with E-state index >= 15 is 0 Å². The third kappa shape index (κ3) is 20.0. The molecular formula is C56H83F3N8O10S2. The first-order valence-electron chi connectivity index (χ1n) is 25.9. The van der Waals surface area contributed by atoms with Crippen LogP contribution < -0.4 is 29.5 Å². The van der Waals surface area contributed by atoms with Crippen LogP contribution in [0.5, 0.6) is 11.5 Å². The van der Waals surface area contributed by atoms with Crippen molar-refractivity contribution in [1.82, 2.24) is 18.4 Å². The maximum atomic E-state index is 13.2. The minimum Gasteiger partial charge on any atom is -0.497 e. The monoisotopic (exact) mass is 1150 g/mol. The molecule has 79 heavy (non-hydrogen) atoms. The van der Waals surface area contributed by atoms with Gasteiger partial charge >= 0.3 is 12.1 Å². The molecule has 0 saturated carbocycles. The molecule has 0 radical (unpaired) electrons. The molecule has 2 fully saturated rings. The summed E-state index contributed by atoms with van der Waals surface area (Å²) in [5.74, 6) is 0.0367. The van der Waals surface area contributed by atoms with Gasteiger partial charge in [-0.3, -0.25) is 14.4 Å². The van der Waals surface area contributed by atoms with Gasteiger partial charge in [-0.1, -0.05) is 0 Å². The molecule has 2 aliphatic rings. The van der Waals surface area contributed by atoms with Crippen LogP contribution in [0, 0.1) is 27.7 Å². The summed E-state index contributed by atoms with van der Waals surface area (Å²) >= 11 is 0. The SMILES string of the molecule is CNc1ccc(N2CCC(N(C)C)CC2)cc1.COc1cc(C)c(S(=O)(=O)N(C)CCC(=O)N(C)c2ccc(N3CCC(N(C)C)CC3)cc2)c(C)c1.COc1cc(C)c(S(=O)(=O)N(C)CCC(=O)O)c(C)c1.O=CC(F)(F)F. The van der Waals surface area contributed by atoms with Crippen LogP contribution in [-0.2, 0) is 34.4 Å². The molecular weight excluding hydrogens is 1070 g/mol. The van der Waals surface area contributed by atoms with Gasteiger partial charge in [-0.15, -0.1) is 0 Å². The average molecular weight is 1150 g/mol. The normalized spacial score (nSPS) is 14.4. The van der Waals surface area contributed by atoms with Gasteiger partial charge in [0.1, 0.15) is 11.5 Å². The van der Waals surface area contributed by atoms with Crippen molar-refractivity contribution in [2.75, 3.05) is 130 Å². The molecule has 1 amide bonds. The number of nitrogens with one attached hydrogen (secondary N) is 1. The number of benzene rings is 4. The van der Waals surface area contributed by atoms with Gasteiger partial charge in [0.15, 0.2) is 0 Å². The third-order valence-electron chi connectivity index (χ3n) is 14.0. The Morgan fingerprint density at radius 3 is 1.25 bits per heavy atom. The number of hydrogen-bond donors (Lipinski definition) is 2. The lowest BCUT2D eigenvalue weighted by atomic mass is 10.0. The maximum absolute atomic E-state index is 13.2. The molecule has 2 saturated heterocycles. The summed E-state index contributed by atoms with van der Waals surface area (Å²) < 4.78 is 95.3. The zero-order chi connectivity index (χ0) is 59.6. The Bertz CT molecular complexity index is 2780. The van der Waals surface area contributed by atoms with Crippen LogP contribution in [0.1, 0.15) is 60.8 Å². The fourth-order valence-corrected chi connectivity index (χ4v) is 12.4. The number of rotatable bonds is 18. The number of piperidine rings is 2. The van der Waals surface area contributed by atoms with E-state index in [0.29, 0.717) is 39.8 Å². The van der Waals surface area contributed by atoms with Crippen LogP contribution in [0.2, 0.25) is 0 Å². The molecule has 440 valence electrons. The van der Waals surface area contributed by atoms with E-state index in [1.807, 2.05) is 19.2 Å². The highest BCUT2D eigenvalue weighted by Crippen LogP contribution is 2.31. The molecule has 18 nitrogen and oxygen atoms in total. The van der Waals surface area contributed by atoms with Crippen molar-refractivity contribution in [2.24, 2.45) is 0 Å². The van der Waals surface area contributed by atoms with Crippen molar-refractivity contribution in [1.29, 1.82) is 0 Å². The van der Waals surface area contributed by atoms with Crippen molar-refractivity contribution < 1.29 is 59.0 Å². The van der Waals surface area contributed by atoms with Gasteiger partial charge < -0.3 is 44.4 Å². The lowest BCUT2D eigenvalue weighted by Gasteiger charge is -2.36. The van der Waals surface area contributed by atoms with Crippen LogP contribution in [0.3, 0.4) is 0 Å². The summed E-state index contributed by atoms with van der Waals surface area (Å²) in [7, 11) is 10.8. The van der Waals surface area contributed by atoms with Gasteiger partial charge in [0.05, 0.1) is 30.4 Å². The number of alkyl halides is 3. The number of ether oxygens (including phenoxy) is 2. The minimum atomic E-state index is -4.64. The van der Waals surface area contributed by atoms with Gasteiger partial charge in [-0.2, -0.15) is 13.2 Å². The van der Waals surface area contributed by atoms with E-state index in [-0.39, 0.29) is 41.6 Å². The van der Waals surface area contributed by atoms with Crippen LogP contribution in [0.25, 0.3) is 0 Å². The summed E-state index contributed by atoms with van der Waals surface area (Å²) in [6, 6.07) is 24.8. The summed E-state index contributed by atoms with van der Waals surface area (Å²) in [5, 5.41) is 11.8. The lowest BCUT2D eigenvalue weighted by Crippen LogP contribution is -2.42. The Balaban J connectivity index is 0.000000320. The molecule has 0 atom stereocenters. The van der Waals surface area contributed by atoms with Gasteiger partial charge in [0.2, 0.25) is 32.2 Å². The Labute approximate surface area is 467 Å². The van der Waals surface area contributed by atoms with Crippen LogP contribution in [0.4, 0.5) is 35.9 Å². The quantitative estimate of drug-likeness (QED) is 0.0912. The number of anilines is 4. The van der Waals surface area contributed by atoms with Crippen molar-refractivity contribution in [3.63, 3.8) is 0 Å². The number of carbonyl (C=O) groups is 3. The second kappa shape index (κ2) is 30.6. The lowest BCUT2D eigenvalue weighted by molar-refractivity contribution is -0.156. The zero-order valence-electron chi connectivity index (χ0n) is 48.3. The first-order valence-corrected chi connectivity index (χ1v) is 28.7. The average Bonchev–Trinajstić information content (AvgIpc) is 3.44. The molecule has 0 bridgehead atoms. The smallest absolute Gasteiger partial charge is 0.446 e. The number of aryl methyl sites for hydroxylation is 4. The molecule has 0 aromatic heterocycles. The first-order chi connectivity index (χ1) is 36.9. The van der Waals surface area contributed by atoms with E-state index in [0.717, 1.165) is 47.7 Å². The molecule has 4 aromatic carbocycles. The highest BCUT2D eigenvalue weighted by atomic mass is 32.2. The standard InChI is InChI=1S/C27H40N4O4S.C14H23N3.C13H19NO5S.C2HF3O/c1-20-18-25(35-7)19-21(2)27(20)36(33,34)29(5)15-14-26(32)30(6)23-8-10-24(11-9-23)31-16-12-22(13-17-31)28(3)4;1-15-12-4-6-14(7-5-12)17-10-8-13(9-11-17)16(2)3;1-9-7-11(19-4)8-10(2)13(9)20(17,18)14(3)6-5-12(15)16;3-2(4,5)1-6/h8-11,18-19,22H,12-17H2,1-7H3;4-7,13,15H,8-11H2,1-3H3;7-8H,5-6H2,1-4H3,(H,15,16);1H. The fraction of sp³-hybridized carbons (Fsp3) is 0.518. The zero-order valence-corrected chi connectivity index (χ0v) is 50.0. The number of halogens is 3. The molecule has 0 aliphatic carbocycles. The number of methoxy groups -OCH3 is 2. The summed E-state index contributed by atoms with van der Waals surface area (Å²) in [6.45, 7) is 11.3. The predicted molar refractivity (Wildman–Crippen MR) is 307 cm³/mol. The number of carboxylic acids is 1. The Morgan fingerprint density at radius 1 is 0.633 bits per heavy atom. The molecule has 0 unspecified atom stereocenters. The largest absolute Gasteiger partial charge is 0.497 e. The van der Waals surface area contributed by atoms with Crippen molar-refractivity contribution in [3.8, 4) is 11.5 Å². The Kier molecular flexibility index (Phi) is 26.0. The number of aldehydes is 1. The number of nitrogens with zero attached hydrogens (tertiary/aromatic N) is 7. The van der Waals surface area contributed by atoms with E-state index < -0.39 is 38.5 Å². The van der Waals surface area contributed by atoms with Gasteiger partial charge in [-0.05, 0) is 177 Å². The summed E-state index contributed by atoms with van der Waals surface area (Å²) in [6.07, 6.45) is -1.04. The predicted octanol–water partition coefficient (Wildman–Crippen LogP) is 7.93. The van der Waals surface area contributed by atoms with E-state index in [4.69, 9.17) is 19.4 Å². The van der Waals surface area contributed by atoms with E-state index in [1.54, 1.807) is 71.0 Å². The molecule has 4 aromatic rings. The highest BCUT2D eigenvalue weighted by molar-refractivity contribution is 7.89. The number of sulfonamides is 2. The summed E-state index contributed by atoms with van der Waals surface area (Å²) in [5.41, 5.74) is 6.86. The summed E-state index contributed by atoms with van der Waals surface area (Å²) in [4.78, 5) is 43.7. The molecule has 2 aliphatic heterocycles. The molecule has 0 spiro atoms. The number of carboxylic acid groups (broad SMARTS) is 1. The van der Waals surface area contributed by atoms with Gasteiger partial charge in [-0.25, -0.2) is 25.4 Å². The van der Waals surface area contributed by atoms with E-state index in [2.05, 4.69) is 89.5 Å². The number of hydrogen-bond acceptors (Lipinski definition) is 14. The molecule has 6 rings (SSSR count). The Hall–Kier alpha value is -5.98. The second-order valence-corrected chi connectivity index (χ2v) is 24.0. The fourth-order valence-electron chi connectivity index (χ4n) is 9.25. The minimum absolute atomic E-state index is 0.0669.